The molecule has 3 N–H and O–H groups in total. The summed E-state index contributed by atoms with van der Waals surface area (Å²) in [6.45, 7) is 16.8. The van der Waals surface area contributed by atoms with E-state index in [0.29, 0.717) is 12.8 Å². The molecule has 5 rings (SSSR count). The topological polar surface area (TPSA) is 104 Å². The average Bonchev–Trinajstić information content (AvgIpc) is 3.57. The van der Waals surface area contributed by atoms with E-state index in [9.17, 15) is 4.79 Å². The fourth-order valence-electron chi connectivity index (χ4n) is 5.52. The minimum atomic E-state index is 0. The van der Waals surface area contributed by atoms with Crippen molar-refractivity contribution in [2.45, 2.75) is 60.8 Å². The molecule has 8 bridgehead atoms. The van der Waals surface area contributed by atoms with Gasteiger partial charge in [-0.15, -0.1) is 6.42 Å². The van der Waals surface area contributed by atoms with Crippen LogP contribution in [-0.4, -0.2) is 31.7 Å². The van der Waals surface area contributed by atoms with Crippen LogP contribution in [0.4, 0.5) is 0 Å². The number of allylic oxidation sites excluding steroid dienone is 3. The molecular formula is C32H34N4NaO2-. The summed E-state index contributed by atoms with van der Waals surface area (Å²) < 4.78 is 0. The maximum Gasteiger partial charge on any atom is 1.00 e. The van der Waals surface area contributed by atoms with Gasteiger partial charge in [-0.2, -0.15) is 0 Å². The minimum Gasteiger partial charge on any atom is -0.870 e. The summed E-state index contributed by atoms with van der Waals surface area (Å²) in [4.78, 5) is 28.5. The number of H-pyrrole nitrogens is 2. The Morgan fingerprint density at radius 2 is 1.56 bits per heavy atom. The Bertz CT molecular complexity index is 1700. The number of nitrogens with one attached hydrogen (secondary N) is 2. The first-order valence-corrected chi connectivity index (χ1v) is 12.9. The van der Waals surface area contributed by atoms with Crippen LogP contribution >= 0.6 is 0 Å². The second-order valence-electron chi connectivity index (χ2n) is 9.97. The maximum absolute atomic E-state index is 11.1. The van der Waals surface area contributed by atoms with Gasteiger partial charge in [-0.1, -0.05) is 19.6 Å². The number of fused-ring (bicyclic) bond motifs is 8. The molecule has 5 heterocycles. The fraction of sp³-hybridized carbons (Fsp3) is 0.281. The molecule has 0 aromatic carbocycles. The molecule has 39 heavy (non-hydrogen) atoms. The van der Waals surface area contributed by atoms with E-state index >= 15 is 0 Å². The van der Waals surface area contributed by atoms with Crippen molar-refractivity contribution in [3.63, 3.8) is 0 Å². The maximum atomic E-state index is 11.1. The summed E-state index contributed by atoms with van der Waals surface area (Å²) in [6.07, 6.45) is 7.97. The van der Waals surface area contributed by atoms with E-state index in [2.05, 4.69) is 88.7 Å². The molecule has 0 fully saturated rings. The van der Waals surface area contributed by atoms with Gasteiger partial charge in [0.1, 0.15) is 0 Å². The molecule has 0 amide bonds. The largest absolute Gasteiger partial charge is 1.00 e. The van der Waals surface area contributed by atoms with Crippen molar-refractivity contribution in [3.8, 4) is 0 Å². The molecule has 0 unspecified atom stereocenters. The van der Waals surface area contributed by atoms with Crippen LogP contribution in [0.25, 0.3) is 50.9 Å². The zero-order chi connectivity index (χ0) is 26.4. The smallest absolute Gasteiger partial charge is 0.870 e. The van der Waals surface area contributed by atoms with E-state index < -0.39 is 0 Å². The van der Waals surface area contributed by atoms with Crippen LogP contribution in [0.5, 0.6) is 0 Å². The first-order valence-electron chi connectivity index (χ1n) is 12.9. The molecule has 3 aromatic rings. The van der Waals surface area contributed by atoms with Gasteiger partial charge in [0.2, 0.25) is 0 Å². The van der Waals surface area contributed by atoms with E-state index in [0.717, 1.165) is 84.7 Å². The molecule has 196 valence electrons. The molecular weight excluding hydrogens is 495 g/mol. The van der Waals surface area contributed by atoms with E-state index in [4.69, 9.17) is 9.97 Å². The van der Waals surface area contributed by atoms with Crippen LogP contribution < -0.4 is 29.6 Å². The molecule has 0 saturated heterocycles. The molecule has 2 aliphatic heterocycles. The van der Waals surface area contributed by atoms with Crippen molar-refractivity contribution in [1.29, 1.82) is 0 Å². The minimum absolute atomic E-state index is 0. The number of rotatable bonds is 5. The summed E-state index contributed by atoms with van der Waals surface area (Å²) in [5.41, 5.74) is 16.9. The summed E-state index contributed by atoms with van der Waals surface area (Å²) >= 11 is 0. The van der Waals surface area contributed by atoms with Gasteiger partial charge in [0, 0.05) is 33.2 Å². The van der Waals surface area contributed by atoms with Gasteiger partial charge < -0.3 is 20.2 Å². The van der Waals surface area contributed by atoms with Crippen molar-refractivity contribution in [2.24, 2.45) is 0 Å². The summed E-state index contributed by atoms with van der Waals surface area (Å²) in [7, 11) is 0. The van der Waals surface area contributed by atoms with Crippen LogP contribution in [0.15, 0.2) is 24.8 Å². The van der Waals surface area contributed by atoms with Gasteiger partial charge in [-0.3, -0.25) is 6.29 Å². The van der Waals surface area contributed by atoms with Crippen molar-refractivity contribution >= 4 is 57.2 Å². The molecule has 0 aliphatic carbocycles. The zero-order valence-corrected chi connectivity index (χ0v) is 26.0. The standard InChI is InChI=1S/C32H33N4O.Na.H2O/c1-8-22-19(5)28-16-31-23(9-2)18(4)27(34-31)15-29-20(6)24(11-10-12-37)32(36-29)21(7)26-13-17(3)25(33-26)14-30(22)35-28;;/h9,13-16,34-35H,2,8,10-11H2,1,3-7H3;;1H2/q-1;+1;/p-1. The first-order chi connectivity index (χ1) is 17.8. The Labute approximate surface area is 252 Å². The number of aryl methyl sites for hydroxylation is 3. The second-order valence-corrected chi connectivity index (χ2v) is 9.97. The molecule has 0 radical (unpaired) electrons. The van der Waals surface area contributed by atoms with Crippen molar-refractivity contribution < 1.29 is 39.8 Å². The Morgan fingerprint density at radius 3 is 2.23 bits per heavy atom. The number of nitrogens with zero attached hydrogens (tertiary/aromatic N) is 2. The Hall–Kier alpha value is -3.03. The predicted octanol–water partition coefficient (Wildman–Crippen LogP) is 4.65. The quantitative estimate of drug-likeness (QED) is 0.371. The van der Waals surface area contributed by atoms with Gasteiger partial charge in [0.05, 0.1) is 22.8 Å². The SMILES string of the molecule is C=Cc1c(C)c2cc3nc(c(C)c4nc(cc5[nH]c(cc1[nH]2)c(C)c5CC)C(C)=C4)C(CC[C-]=O)=C3C.[Na+].[OH-]. The molecule has 6 nitrogen and oxygen atoms in total. The van der Waals surface area contributed by atoms with Crippen LogP contribution in [0.3, 0.4) is 0 Å². The van der Waals surface area contributed by atoms with Crippen LogP contribution in [0.1, 0.15) is 84.2 Å². The number of hydrogen-bond acceptors (Lipinski definition) is 4. The third-order valence-electron chi connectivity index (χ3n) is 7.80. The van der Waals surface area contributed by atoms with Crippen LogP contribution in [0.2, 0.25) is 0 Å². The monoisotopic (exact) mass is 529 g/mol. The van der Waals surface area contributed by atoms with E-state index in [1.165, 1.54) is 11.1 Å². The van der Waals surface area contributed by atoms with E-state index in [-0.39, 0.29) is 35.0 Å². The molecule has 0 atom stereocenters. The summed E-state index contributed by atoms with van der Waals surface area (Å²) in [5, 5.41) is 0. The molecule has 0 saturated carbocycles. The van der Waals surface area contributed by atoms with Gasteiger partial charge >= 0.3 is 29.6 Å². The van der Waals surface area contributed by atoms with Crippen molar-refractivity contribution in [3.05, 3.63) is 75.4 Å². The Morgan fingerprint density at radius 1 is 0.897 bits per heavy atom. The first kappa shape index (κ1) is 30.5. The predicted molar refractivity (Wildman–Crippen MR) is 158 cm³/mol. The Balaban J connectivity index is 0.00000210. The molecule has 0 spiro atoms. The second kappa shape index (κ2) is 12.0. The third kappa shape index (κ3) is 5.27. The van der Waals surface area contributed by atoms with E-state index in [1.807, 2.05) is 6.08 Å². The Kier molecular flexibility index (Phi) is 9.39. The zero-order valence-electron chi connectivity index (χ0n) is 24.0. The van der Waals surface area contributed by atoms with Gasteiger partial charge in [0.15, 0.2) is 0 Å². The number of carbonyl (C=O) groups excluding carboxylic acids is 1. The average molecular weight is 530 g/mol. The molecule has 3 aromatic heterocycles. The summed E-state index contributed by atoms with van der Waals surface area (Å²) in [5.74, 6) is 0. The van der Waals surface area contributed by atoms with E-state index in [1.54, 1.807) is 0 Å². The number of aromatic nitrogens is 4. The summed E-state index contributed by atoms with van der Waals surface area (Å²) in [6, 6.07) is 6.45. The van der Waals surface area contributed by atoms with Crippen molar-refractivity contribution in [2.75, 3.05) is 0 Å². The number of aromatic amines is 2. The fourth-order valence-corrected chi connectivity index (χ4v) is 5.52. The third-order valence-corrected chi connectivity index (χ3v) is 7.80. The van der Waals surface area contributed by atoms with Crippen LogP contribution in [-0.2, 0) is 11.2 Å². The number of hydrogen-bond donors (Lipinski definition) is 2. The van der Waals surface area contributed by atoms with Gasteiger partial charge in [0.25, 0.3) is 0 Å². The normalized spacial score (nSPS) is 12.5. The molecule has 7 heteroatoms. The van der Waals surface area contributed by atoms with Gasteiger partial charge in [-0.05, 0) is 105 Å². The molecule has 2 aliphatic rings. The van der Waals surface area contributed by atoms with Gasteiger partial charge in [-0.25, -0.2) is 9.97 Å². The van der Waals surface area contributed by atoms with Crippen molar-refractivity contribution in [1.82, 2.24) is 19.9 Å². The van der Waals surface area contributed by atoms with Crippen LogP contribution in [0, 0.1) is 20.8 Å².